The van der Waals surface area contributed by atoms with E-state index in [4.69, 9.17) is 5.73 Å². The zero-order chi connectivity index (χ0) is 10.3. The van der Waals surface area contributed by atoms with E-state index in [1.54, 1.807) is 0 Å². The fourth-order valence-corrected chi connectivity index (χ4v) is 1.64. The molecule has 0 fully saturated rings. The zero-order valence-electron chi connectivity index (χ0n) is 8.70. The van der Waals surface area contributed by atoms with Gasteiger partial charge in [-0.2, -0.15) is 10.2 Å². The van der Waals surface area contributed by atoms with Crippen LogP contribution >= 0.6 is 0 Å². The Hall–Kier alpha value is -1.52. The third-order valence-electron chi connectivity index (χ3n) is 2.35. The maximum atomic E-state index is 5.81. The Bertz CT molecular complexity index is 451. The first-order valence-corrected chi connectivity index (χ1v) is 4.85. The first kappa shape index (κ1) is 9.05. The monoisotopic (exact) mass is 193 g/mol. The van der Waals surface area contributed by atoms with Crippen LogP contribution in [0.5, 0.6) is 0 Å². The van der Waals surface area contributed by atoms with E-state index in [0.29, 0.717) is 11.7 Å². The van der Waals surface area contributed by atoms with Crippen LogP contribution in [0.2, 0.25) is 0 Å². The van der Waals surface area contributed by atoms with Gasteiger partial charge in [0.1, 0.15) is 5.82 Å². The molecule has 0 atom stereocenters. The number of aromatic nitrogens is 4. The molecule has 76 valence electrons. The number of anilines is 1. The summed E-state index contributed by atoms with van der Waals surface area (Å²) in [5.74, 6) is 0.980. The standard InChI is InChI=1S/C9H15N5/c1-4-14-9-6(8(10)11-12-9)7(13-14)5(2)3/h5H,4H2,1-3H3,(H3,10,11,12). The number of rotatable bonds is 2. The largest absolute Gasteiger partial charge is 0.383 e. The lowest BCUT2D eigenvalue weighted by Crippen LogP contribution is -1.99. The molecule has 0 aliphatic heterocycles. The molecule has 0 aliphatic rings. The molecule has 0 bridgehead atoms. The molecule has 0 spiro atoms. The van der Waals surface area contributed by atoms with E-state index in [-0.39, 0.29) is 0 Å². The third kappa shape index (κ3) is 1.08. The molecule has 2 aromatic heterocycles. The van der Waals surface area contributed by atoms with E-state index in [1.165, 1.54) is 0 Å². The van der Waals surface area contributed by atoms with Gasteiger partial charge in [0.2, 0.25) is 0 Å². The Labute approximate surface area is 82.3 Å². The average Bonchev–Trinajstić information content (AvgIpc) is 2.66. The SMILES string of the molecule is CCn1nc(C(C)C)c2c(N)[nH]nc21. The van der Waals surface area contributed by atoms with E-state index in [9.17, 15) is 0 Å². The maximum absolute atomic E-state index is 5.81. The van der Waals surface area contributed by atoms with Gasteiger partial charge < -0.3 is 5.73 Å². The molecule has 0 aliphatic carbocycles. The number of nitrogens with one attached hydrogen (secondary N) is 1. The molecule has 14 heavy (non-hydrogen) atoms. The minimum absolute atomic E-state index is 0.366. The first-order valence-electron chi connectivity index (χ1n) is 4.85. The highest BCUT2D eigenvalue weighted by Crippen LogP contribution is 2.27. The van der Waals surface area contributed by atoms with Gasteiger partial charge in [0.25, 0.3) is 0 Å². The number of nitrogens with zero attached hydrogens (tertiary/aromatic N) is 3. The summed E-state index contributed by atoms with van der Waals surface area (Å²) in [6.45, 7) is 7.07. The van der Waals surface area contributed by atoms with Crippen LogP contribution in [0.15, 0.2) is 0 Å². The number of hydrogen-bond acceptors (Lipinski definition) is 3. The van der Waals surface area contributed by atoms with E-state index >= 15 is 0 Å². The van der Waals surface area contributed by atoms with Gasteiger partial charge in [0.05, 0.1) is 11.1 Å². The summed E-state index contributed by atoms with van der Waals surface area (Å²) in [6.07, 6.45) is 0. The summed E-state index contributed by atoms with van der Waals surface area (Å²) >= 11 is 0. The molecule has 0 amide bonds. The van der Waals surface area contributed by atoms with Crippen LogP contribution in [0.1, 0.15) is 32.4 Å². The molecule has 0 saturated carbocycles. The van der Waals surface area contributed by atoms with Crippen molar-refractivity contribution in [2.45, 2.75) is 33.2 Å². The molecule has 0 aromatic carbocycles. The van der Waals surface area contributed by atoms with Crippen LogP contribution in [0.3, 0.4) is 0 Å². The van der Waals surface area contributed by atoms with Crippen molar-refractivity contribution in [2.24, 2.45) is 0 Å². The van der Waals surface area contributed by atoms with Crippen LogP contribution in [-0.4, -0.2) is 20.0 Å². The van der Waals surface area contributed by atoms with Crippen molar-refractivity contribution >= 4 is 16.9 Å². The molecule has 0 unspecified atom stereocenters. The van der Waals surface area contributed by atoms with Gasteiger partial charge >= 0.3 is 0 Å². The lowest BCUT2D eigenvalue weighted by atomic mass is 10.1. The van der Waals surface area contributed by atoms with Crippen LogP contribution < -0.4 is 5.73 Å². The van der Waals surface area contributed by atoms with E-state index in [0.717, 1.165) is 23.3 Å². The number of aryl methyl sites for hydroxylation is 1. The quantitative estimate of drug-likeness (QED) is 0.758. The summed E-state index contributed by atoms with van der Waals surface area (Å²) in [4.78, 5) is 0. The van der Waals surface area contributed by atoms with Crippen molar-refractivity contribution in [3.05, 3.63) is 5.69 Å². The topological polar surface area (TPSA) is 72.5 Å². The predicted octanol–water partition coefficient (Wildman–Crippen LogP) is 1.48. The lowest BCUT2D eigenvalue weighted by molar-refractivity contribution is 0.645. The average molecular weight is 193 g/mol. The van der Waals surface area contributed by atoms with Crippen molar-refractivity contribution < 1.29 is 0 Å². The second kappa shape index (κ2) is 3.01. The molecule has 5 nitrogen and oxygen atoms in total. The van der Waals surface area contributed by atoms with Gasteiger partial charge in [-0.25, -0.2) is 4.68 Å². The summed E-state index contributed by atoms with van der Waals surface area (Å²) in [6, 6.07) is 0. The smallest absolute Gasteiger partial charge is 0.182 e. The van der Waals surface area contributed by atoms with Crippen LogP contribution in [0, 0.1) is 0 Å². The molecule has 0 saturated heterocycles. The number of H-pyrrole nitrogens is 1. The summed E-state index contributed by atoms with van der Waals surface area (Å²) < 4.78 is 1.87. The number of nitrogen functional groups attached to an aromatic ring is 1. The van der Waals surface area contributed by atoms with Gasteiger partial charge in [-0.15, -0.1) is 0 Å². The number of fused-ring (bicyclic) bond motifs is 1. The minimum Gasteiger partial charge on any atom is -0.383 e. The van der Waals surface area contributed by atoms with E-state index < -0.39 is 0 Å². The minimum atomic E-state index is 0.366. The fourth-order valence-electron chi connectivity index (χ4n) is 1.64. The molecule has 2 aromatic rings. The highest BCUT2D eigenvalue weighted by molar-refractivity contribution is 5.89. The number of hydrogen-bond donors (Lipinski definition) is 2. The zero-order valence-corrected chi connectivity index (χ0v) is 8.70. The summed E-state index contributed by atoms with van der Waals surface area (Å²) in [5, 5.41) is 12.4. The van der Waals surface area contributed by atoms with Crippen molar-refractivity contribution in [3.63, 3.8) is 0 Å². The van der Waals surface area contributed by atoms with Crippen molar-refractivity contribution in [2.75, 3.05) is 5.73 Å². The van der Waals surface area contributed by atoms with Crippen LogP contribution in [0.25, 0.3) is 11.0 Å². The Balaban J connectivity index is 2.76. The normalized spacial score (nSPS) is 11.7. The first-order chi connectivity index (χ1) is 6.65. The van der Waals surface area contributed by atoms with Gasteiger partial charge in [-0.1, -0.05) is 13.8 Å². The Morgan fingerprint density at radius 1 is 1.50 bits per heavy atom. The molecule has 2 heterocycles. The highest BCUT2D eigenvalue weighted by Gasteiger charge is 2.17. The summed E-state index contributed by atoms with van der Waals surface area (Å²) in [5.41, 5.74) is 7.69. The van der Waals surface area contributed by atoms with Crippen LogP contribution in [0.4, 0.5) is 5.82 Å². The summed E-state index contributed by atoms with van der Waals surface area (Å²) in [7, 11) is 0. The number of aromatic amines is 1. The second-order valence-electron chi connectivity index (χ2n) is 3.69. The van der Waals surface area contributed by atoms with E-state index in [2.05, 4.69) is 29.1 Å². The Morgan fingerprint density at radius 2 is 2.21 bits per heavy atom. The second-order valence-corrected chi connectivity index (χ2v) is 3.69. The van der Waals surface area contributed by atoms with Gasteiger partial charge in [-0.05, 0) is 12.8 Å². The predicted molar refractivity (Wildman–Crippen MR) is 56.1 cm³/mol. The Kier molecular flexibility index (Phi) is 1.94. The van der Waals surface area contributed by atoms with E-state index in [1.807, 2.05) is 11.6 Å². The van der Waals surface area contributed by atoms with Gasteiger partial charge in [-0.3, -0.25) is 5.10 Å². The molecule has 5 heteroatoms. The van der Waals surface area contributed by atoms with Crippen molar-refractivity contribution in [3.8, 4) is 0 Å². The molecular formula is C9H15N5. The van der Waals surface area contributed by atoms with Crippen LogP contribution in [-0.2, 0) is 6.54 Å². The lowest BCUT2D eigenvalue weighted by Gasteiger charge is -1.99. The van der Waals surface area contributed by atoms with Gasteiger partial charge in [0, 0.05) is 6.54 Å². The van der Waals surface area contributed by atoms with Crippen molar-refractivity contribution in [1.82, 2.24) is 20.0 Å². The van der Waals surface area contributed by atoms with Crippen molar-refractivity contribution in [1.29, 1.82) is 0 Å². The molecule has 2 rings (SSSR count). The molecule has 3 N–H and O–H groups in total. The van der Waals surface area contributed by atoms with Gasteiger partial charge in [0.15, 0.2) is 5.65 Å². The highest BCUT2D eigenvalue weighted by atomic mass is 15.3. The fraction of sp³-hybridized carbons (Fsp3) is 0.556. The third-order valence-corrected chi connectivity index (χ3v) is 2.35. The molecular weight excluding hydrogens is 178 g/mol. The maximum Gasteiger partial charge on any atom is 0.182 e. The molecule has 0 radical (unpaired) electrons. The Morgan fingerprint density at radius 3 is 2.79 bits per heavy atom. The number of nitrogens with two attached hydrogens (primary N) is 1.